The van der Waals surface area contributed by atoms with E-state index in [1.807, 2.05) is 54.6 Å². The summed E-state index contributed by atoms with van der Waals surface area (Å²) in [5.74, 6) is 0.660. The van der Waals surface area contributed by atoms with Crippen molar-refractivity contribution >= 4 is 16.3 Å². The maximum Gasteiger partial charge on any atom is 0.161 e. The van der Waals surface area contributed by atoms with E-state index in [-0.39, 0.29) is 5.75 Å². The Labute approximate surface area is 165 Å². The highest BCUT2D eigenvalue weighted by Crippen LogP contribution is 2.40. The molecular weight excluding hydrogens is 344 g/mol. The van der Waals surface area contributed by atoms with Crippen molar-refractivity contribution in [1.29, 1.82) is 0 Å². The predicted octanol–water partition coefficient (Wildman–Crippen LogP) is 6.48. The van der Waals surface area contributed by atoms with Crippen molar-refractivity contribution in [3.63, 3.8) is 0 Å². The van der Waals surface area contributed by atoms with Crippen molar-refractivity contribution < 1.29 is 9.84 Å². The molecule has 0 radical (unpaired) electrons. The van der Waals surface area contributed by atoms with Crippen LogP contribution >= 0.6 is 0 Å². The average Bonchev–Trinajstić information content (AvgIpc) is 2.76. The smallest absolute Gasteiger partial charge is 0.161 e. The molecule has 0 fully saturated rings. The molecule has 138 valence electrons. The van der Waals surface area contributed by atoms with Crippen LogP contribution in [0.4, 0.5) is 0 Å². The largest absolute Gasteiger partial charge is 0.504 e. The van der Waals surface area contributed by atoms with Crippen molar-refractivity contribution in [2.24, 2.45) is 0 Å². The third-order valence-corrected chi connectivity index (χ3v) is 5.08. The molecule has 4 aromatic rings. The van der Waals surface area contributed by atoms with E-state index in [1.54, 1.807) is 7.11 Å². The molecule has 0 aliphatic rings. The van der Waals surface area contributed by atoms with E-state index in [0.717, 1.165) is 38.6 Å². The summed E-state index contributed by atoms with van der Waals surface area (Å²) in [6.45, 7) is 4.25. The Hall–Kier alpha value is -3.52. The van der Waals surface area contributed by atoms with Gasteiger partial charge in [-0.3, -0.25) is 0 Å². The highest BCUT2D eigenvalue weighted by atomic mass is 16.5. The molecule has 1 N–H and O–H groups in total. The summed E-state index contributed by atoms with van der Waals surface area (Å²) in [7, 11) is 1.58. The number of benzene rings is 4. The summed E-state index contributed by atoms with van der Waals surface area (Å²) in [5, 5.41) is 12.9. The SMILES string of the molecule is C=C(Cc1c(O)c(OC)cc2ccc(-c3ccccc3)cc12)c1ccccc1. The summed E-state index contributed by atoms with van der Waals surface area (Å²) in [5.41, 5.74) is 5.12. The van der Waals surface area contributed by atoms with Crippen LogP contribution in [0.5, 0.6) is 11.5 Å². The number of allylic oxidation sites excluding steroid dienone is 1. The van der Waals surface area contributed by atoms with Gasteiger partial charge in [0.15, 0.2) is 11.5 Å². The van der Waals surface area contributed by atoms with Gasteiger partial charge in [0, 0.05) is 12.0 Å². The van der Waals surface area contributed by atoms with Crippen LogP contribution in [-0.2, 0) is 6.42 Å². The summed E-state index contributed by atoms with van der Waals surface area (Å²) in [6.07, 6.45) is 0.543. The van der Waals surface area contributed by atoms with E-state index < -0.39 is 0 Å². The van der Waals surface area contributed by atoms with E-state index in [0.29, 0.717) is 12.2 Å². The average molecular weight is 366 g/mol. The van der Waals surface area contributed by atoms with Gasteiger partial charge < -0.3 is 9.84 Å². The molecule has 0 saturated heterocycles. The maximum absolute atomic E-state index is 10.9. The number of phenols is 1. The second-order valence-corrected chi connectivity index (χ2v) is 6.85. The van der Waals surface area contributed by atoms with Crippen LogP contribution in [0.2, 0.25) is 0 Å². The quantitative estimate of drug-likeness (QED) is 0.438. The predicted molar refractivity (Wildman–Crippen MR) is 117 cm³/mol. The molecular formula is C26H22O2. The number of rotatable bonds is 5. The van der Waals surface area contributed by atoms with Gasteiger partial charge in [0.25, 0.3) is 0 Å². The van der Waals surface area contributed by atoms with Crippen LogP contribution in [0.1, 0.15) is 11.1 Å². The Morgan fingerprint density at radius 2 is 1.54 bits per heavy atom. The van der Waals surface area contributed by atoms with E-state index in [9.17, 15) is 5.11 Å². The van der Waals surface area contributed by atoms with Gasteiger partial charge in [0.1, 0.15) is 0 Å². The molecule has 2 heteroatoms. The Bertz CT molecular complexity index is 1130. The molecule has 0 bridgehead atoms. The molecule has 0 aliphatic heterocycles. The molecule has 0 saturated carbocycles. The monoisotopic (exact) mass is 366 g/mol. The van der Waals surface area contributed by atoms with Gasteiger partial charge in [0.05, 0.1) is 7.11 Å². The van der Waals surface area contributed by atoms with Crippen LogP contribution in [-0.4, -0.2) is 12.2 Å². The fourth-order valence-electron chi connectivity index (χ4n) is 3.56. The Morgan fingerprint density at radius 1 is 0.857 bits per heavy atom. The van der Waals surface area contributed by atoms with Crippen LogP contribution in [0.15, 0.2) is 91.5 Å². The minimum atomic E-state index is 0.178. The highest BCUT2D eigenvalue weighted by molar-refractivity contribution is 5.94. The first-order valence-electron chi connectivity index (χ1n) is 9.28. The zero-order valence-corrected chi connectivity index (χ0v) is 15.9. The molecule has 0 spiro atoms. The molecule has 4 rings (SSSR count). The standard InChI is InChI=1S/C26H22O2/c1-18(19-9-5-3-6-10-19)15-24-23-16-21(20-11-7-4-8-12-20)13-14-22(23)17-25(28-2)26(24)27/h3-14,16-17,27H,1,15H2,2H3. The van der Waals surface area contributed by atoms with Crippen molar-refractivity contribution in [1.82, 2.24) is 0 Å². The second-order valence-electron chi connectivity index (χ2n) is 6.85. The topological polar surface area (TPSA) is 29.5 Å². The molecule has 0 unspecified atom stereocenters. The van der Waals surface area contributed by atoms with Gasteiger partial charge in [-0.2, -0.15) is 0 Å². The number of methoxy groups -OCH3 is 1. The lowest BCUT2D eigenvalue weighted by Crippen LogP contribution is -1.95. The fourth-order valence-corrected chi connectivity index (χ4v) is 3.56. The molecule has 0 atom stereocenters. The number of hydrogen-bond donors (Lipinski definition) is 1. The van der Waals surface area contributed by atoms with Crippen molar-refractivity contribution in [2.75, 3.05) is 7.11 Å². The van der Waals surface area contributed by atoms with Gasteiger partial charge in [0.2, 0.25) is 0 Å². The highest BCUT2D eigenvalue weighted by Gasteiger charge is 2.16. The first kappa shape index (κ1) is 17.9. The zero-order valence-electron chi connectivity index (χ0n) is 15.9. The zero-order chi connectivity index (χ0) is 19.5. The van der Waals surface area contributed by atoms with Gasteiger partial charge in [-0.05, 0) is 45.2 Å². The van der Waals surface area contributed by atoms with E-state index in [1.165, 1.54) is 0 Å². The number of ether oxygens (including phenoxy) is 1. The minimum absolute atomic E-state index is 0.178. The lowest BCUT2D eigenvalue weighted by atomic mass is 9.92. The maximum atomic E-state index is 10.9. The van der Waals surface area contributed by atoms with Crippen molar-refractivity contribution in [3.8, 4) is 22.6 Å². The molecule has 4 aromatic carbocycles. The number of aromatic hydroxyl groups is 1. The summed E-state index contributed by atoms with van der Waals surface area (Å²) >= 11 is 0. The Balaban J connectivity index is 1.86. The number of fused-ring (bicyclic) bond motifs is 1. The van der Waals surface area contributed by atoms with Gasteiger partial charge >= 0.3 is 0 Å². The number of phenolic OH excluding ortho intramolecular Hbond substituents is 1. The minimum Gasteiger partial charge on any atom is -0.504 e. The Morgan fingerprint density at radius 3 is 2.21 bits per heavy atom. The second kappa shape index (κ2) is 7.61. The molecule has 2 nitrogen and oxygen atoms in total. The van der Waals surface area contributed by atoms with Crippen molar-refractivity contribution in [3.05, 3.63) is 103 Å². The molecule has 0 aromatic heterocycles. The van der Waals surface area contributed by atoms with Crippen LogP contribution < -0.4 is 4.74 Å². The summed E-state index contributed by atoms with van der Waals surface area (Å²) in [6, 6.07) is 28.5. The van der Waals surface area contributed by atoms with Crippen molar-refractivity contribution in [2.45, 2.75) is 6.42 Å². The first-order chi connectivity index (χ1) is 13.7. The van der Waals surface area contributed by atoms with Crippen LogP contribution in [0, 0.1) is 0 Å². The van der Waals surface area contributed by atoms with E-state index in [2.05, 4.69) is 36.9 Å². The molecule has 0 amide bonds. The van der Waals surface area contributed by atoms with Crippen LogP contribution in [0.3, 0.4) is 0 Å². The summed E-state index contributed by atoms with van der Waals surface area (Å²) in [4.78, 5) is 0. The first-order valence-corrected chi connectivity index (χ1v) is 9.28. The fraction of sp³-hybridized carbons (Fsp3) is 0.0769. The Kier molecular flexibility index (Phi) is 4.86. The number of hydrogen-bond acceptors (Lipinski definition) is 2. The third-order valence-electron chi connectivity index (χ3n) is 5.08. The van der Waals surface area contributed by atoms with Gasteiger partial charge in [-0.25, -0.2) is 0 Å². The van der Waals surface area contributed by atoms with Gasteiger partial charge in [-0.1, -0.05) is 79.4 Å². The van der Waals surface area contributed by atoms with Gasteiger partial charge in [-0.15, -0.1) is 0 Å². The van der Waals surface area contributed by atoms with E-state index >= 15 is 0 Å². The molecule has 28 heavy (non-hydrogen) atoms. The molecule has 0 aliphatic carbocycles. The lowest BCUT2D eigenvalue weighted by Gasteiger charge is -2.15. The lowest BCUT2D eigenvalue weighted by molar-refractivity contribution is 0.372. The molecule has 0 heterocycles. The van der Waals surface area contributed by atoms with E-state index in [4.69, 9.17) is 4.74 Å². The third kappa shape index (κ3) is 3.37. The normalized spacial score (nSPS) is 10.8. The summed E-state index contributed by atoms with van der Waals surface area (Å²) < 4.78 is 5.42. The van der Waals surface area contributed by atoms with Crippen LogP contribution in [0.25, 0.3) is 27.5 Å².